The molecule has 4 nitrogen and oxygen atoms in total. The van der Waals surface area contributed by atoms with Crippen LogP contribution in [0, 0.1) is 6.92 Å². The molecule has 0 bridgehead atoms. The van der Waals surface area contributed by atoms with Gasteiger partial charge in [-0.1, -0.05) is 6.92 Å². The van der Waals surface area contributed by atoms with E-state index in [9.17, 15) is 0 Å². The maximum absolute atomic E-state index is 5.76. The van der Waals surface area contributed by atoms with E-state index >= 15 is 0 Å². The molecule has 5 heteroatoms. The highest BCUT2D eigenvalue weighted by Crippen LogP contribution is 2.32. The standard InChI is InChI=1S/C14H25N3OS/c1-6-15-10(2)12-11(3)16-13(19-12)17-7-8-18-14(4,5)9-17/h10,15H,6-9H2,1-5H3. The van der Waals surface area contributed by atoms with Crippen molar-refractivity contribution >= 4 is 16.5 Å². The number of hydrogen-bond acceptors (Lipinski definition) is 5. The Balaban J connectivity index is 2.15. The minimum atomic E-state index is -0.0781. The Bertz CT molecular complexity index is 430. The minimum Gasteiger partial charge on any atom is -0.372 e. The molecule has 1 aromatic rings. The highest BCUT2D eigenvalue weighted by atomic mass is 32.1. The topological polar surface area (TPSA) is 37.4 Å². The van der Waals surface area contributed by atoms with Crippen molar-refractivity contribution < 1.29 is 4.74 Å². The number of ether oxygens (including phenoxy) is 1. The van der Waals surface area contributed by atoms with Crippen LogP contribution in [0.3, 0.4) is 0 Å². The maximum Gasteiger partial charge on any atom is 0.186 e. The van der Waals surface area contributed by atoms with Crippen molar-refractivity contribution in [3.05, 3.63) is 10.6 Å². The van der Waals surface area contributed by atoms with Gasteiger partial charge in [-0.2, -0.15) is 0 Å². The van der Waals surface area contributed by atoms with E-state index in [0.717, 1.165) is 37.1 Å². The van der Waals surface area contributed by atoms with Gasteiger partial charge in [0.2, 0.25) is 0 Å². The molecule has 1 N–H and O–H groups in total. The van der Waals surface area contributed by atoms with Gasteiger partial charge in [0, 0.05) is 24.0 Å². The number of aryl methyl sites for hydroxylation is 1. The van der Waals surface area contributed by atoms with Crippen LogP contribution in [-0.2, 0) is 4.74 Å². The van der Waals surface area contributed by atoms with Gasteiger partial charge in [0.25, 0.3) is 0 Å². The Morgan fingerprint density at radius 1 is 1.53 bits per heavy atom. The van der Waals surface area contributed by atoms with Crippen LogP contribution in [0.1, 0.15) is 44.3 Å². The maximum atomic E-state index is 5.76. The van der Waals surface area contributed by atoms with Gasteiger partial charge in [0.1, 0.15) is 0 Å². The van der Waals surface area contributed by atoms with Gasteiger partial charge >= 0.3 is 0 Å². The Kier molecular flexibility index (Phi) is 4.48. The lowest BCUT2D eigenvalue weighted by Gasteiger charge is -2.38. The normalized spacial score (nSPS) is 20.6. The zero-order valence-corrected chi connectivity index (χ0v) is 13.4. The van der Waals surface area contributed by atoms with Gasteiger partial charge < -0.3 is 15.0 Å². The average Bonchev–Trinajstić information content (AvgIpc) is 2.70. The van der Waals surface area contributed by atoms with Gasteiger partial charge in [-0.15, -0.1) is 11.3 Å². The molecule has 1 aromatic heterocycles. The Morgan fingerprint density at radius 3 is 2.89 bits per heavy atom. The van der Waals surface area contributed by atoms with Crippen molar-refractivity contribution in [1.29, 1.82) is 0 Å². The molecule has 2 rings (SSSR count). The monoisotopic (exact) mass is 283 g/mol. The predicted octanol–water partition coefficient (Wildman–Crippen LogP) is 2.74. The first kappa shape index (κ1) is 14.8. The molecular formula is C14H25N3OS. The summed E-state index contributed by atoms with van der Waals surface area (Å²) in [6.07, 6.45) is 0. The third-order valence-corrected chi connectivity index (χ3v) is 4.82. The van der Waals surface area contributed by atoms with Crippen LogP contribution in [0.5, 0.6) is 0 Å². The van der Waals surface area contributed by atoms with Crippen LogP contribution >= 0.6 is 11.3 Å². The van der Waals surface area contributed by atoms with E-state index in [0.29, 0.717) is 6.04 Å². The zero-order chi connectivity index (χ0) is 14.0. The molecule has 0 radical (unpaired) electrons. The van der Waals surface area contributed by atoms with Crippen LogP contribution in [0.25, 0.3) is 0 Å². The van der Waals surface area contributed by atoms with Gasteiger partial charge in [0.05, 0.1) is 17.9 Å². The summed E-state index contributed by atoms with van der Waals surface area (Å²) in [4.78, 5) is 8.45. The lowest BCUT2D eigenvalue weighted by atomic mass is 10.1. The molecular weight excluding hydrogens is 258 g/mol. The van der Waals surface area contributed by atoms with E-state index in [-0.39, 0.29) is 5.60 Å². The highest BCUT2D eigenvalue weighted by Gasteiger charge is 2.29. The molecule has 1 aliphatic rings. The zero-order valence-electron chi connectivity index (χ0n) is 12.6. The molecule has 108 valence electrons. The number of thiazole rings is 1. The molecule has 0 aliphatic carbocycles. The molecule has 1 aliphatic heterocycles. The lowest BCUT2D eigenvalue weighted by molar-refractivity contribution is -0.0277. The van der Waals surface area contributed by atoms with Gasteiger partial charge in [-0.05, 0) is 34.2 Å². The first-order valence-electron chi connectivity index (χ1n) is 7.02. The Hall–Kier alpha value is -0.650. The van der Waals surface area contributed by atoms with Crippen molar-refractivity contribution in [3.8, 4) is 0 Å². The fourth-order valence-electron chi connectivity index (χ4n) is 2.51. The fourth-order valence-corrected chi connectivity index (χ4v) is 3.63. The molecule has 0 saturated carbocycles. The van der Waals surface area contributed by atoms with Crippen LogP contribution in [-0.4, -0.2) is 36.8 Å². The molecule has 0 spiro atoms. The van der Waals surface area contributed by atoms with Crippen molar-refractivity contribution in [2.45, 2.75) is 46.3 Å². The number of nitrogens with zero attached hydrogens (tertiary/aromatic N) is 2. The van der Waals surface area contributed by atoms with E-state index in [2.05, 4.69) is 44.8 Å². The highest BCUT2D eigenvalue weighted by molar-refractivity contribution is 7.15. The summed E-state index contributed by atoms with van der Waals surface area (Å²) < 4.78 is 5.76. The summed E-state index contributed by atoms with van der Waals surface area (Å²) in [5.74, 6) is 0. The van der Waals surface area contributed by atoms with Gasteiger partial charge in [0.15, 0.2) is 5.13 Å². The molecule has 1 saturated heterocycles. The lowest BCUT2D eigenvalue weighted by Crippen LogP contribution is -2.48. The average molecular weight is 283 g/mol. The number of rotatable bonds is 4. The van der Waals surface area contributed by atoms with Crippen LogP contribution in [0.15, 0.2) is 0 Å². The SMILES string of the molecule is CCNC(C)c1sc(N2CCOC(C)(C)C2)nc1C. The predicted molar refractivity (Wildman–Crippen MR) is 81.2 cm³/mol. The third kappa shape index (κ3) is 3.46. The molecule has 1 atom stereocenters. The van der Waals surface area contributed by atoms with E-state index in [1.54, 1.807) is 0 Å². The molecule has 0 amide bonds. The summed E-state index contributed by atoms with van der Waals surface area (Å²) >= 11 is 1.81. The van der Waals surface area contributed by atoms with Crippen molar-refractivity contribution in [2.24, 2.45) is 0 Å². The molecule has 1 unspecified atom stereocenters. The molecule has 0 aromatic carbocycles. The van der Waals surface area contributed by atoms with Crippen LogP contribution < -0.4 is 10.2 Å². The summed E-state index contributed by atoms with van der Waals surface area (Å²) in [6, 6.07) is 0.380. The summed E-state index contributed by atoms with van der Waals surface area (Å²) in [6.45, 7) is 14.3. The Morgan fingerprint density at radius 2 is 2.26 bits per heavy atom. The minimum absolute atomic E-state index is 0.0781. The quantitative estimate of drug-likeness (QED) is 0.922. The van der Waals surface area contributed by atoms with Gasteiger partial charge in [-0.3, -0.25) is 0 Å². The number of anilines is 1. The first-order valence-corrected chi connectivity index (χ1v) is 7.84. The molecule has 19 heavy (non-hydrogen) atoms. The summed E-state index contributed by atoms with van der Waals surface area (Å²) in [7, 11) is 0. The number of aromatic nitrogens is 1. The van der Waals surface area contributed by atoms with E-state index < -0.39 is 0 Å². The van der Waals surface area contributed by atoms with Crippen molar-refractivity contribution in [1.82, 2.24) is 10.3 Å². The second kappa shape index (κ2) is 5.77. The second-order valence-corrected chi connectivity index (χ2v) is 6.76. The van der Waals surface area contributed by atoms with Crippen LogP contribution in [0.4, 0.5) is 5.13 Å². The van der Waals surface area contributed by atoms with E-state index in [1.807, 2.05) is 11.3 Å². The van der Waals surface area contributed by atoms with Crippen molar-refractivity contribution in [3.63, 3.8) is 0 Å². The number of hydrogen-bond donors (Lipinski definition) is 1. The van der Waals surface area contributed by atoms with Gasteiger partial charge in [-0.25, -0.2) is 4.98 Å². The molecule has 1 fully saturated rings. The van der Waals surface area contributed by atoms with Crippen LogP contribution in [0.2, 0.25) is 0 Å². The number of morpholine rings is 1. The third-order valence-electron chi connectivity index (χ3n) is 3.42. The largest absolute Gasteiger partial charge is 0.372 e. The Labute approximate surface area is 120 Å². The first-order chi connectivity index (χ1) is 8.93. The summed E-state index contributed by atoms with van der Waals surface area (Å²) in [5.41, 5.74) is 1.07. The van der Waals surface area contributed by atoms with E-state index in [4.69, 9.17) is 9.72 Å². The molecule has 2 heterocycles. The summed E-state index contributed by atoms with van der Waals surface area (Å²) in [5, 5.41) is 4.60. The van der Waals surface area contributed by atoms with Crippen molar-refractivity contribution in [2.75, 3.05) is 31.1 Å². The second-order valence-electron chi connectivity index (χ2n) is 5.76. The smallest absolute Gasteiger partial charge is 0.186 e. The fraction of sp³-hybridized carbons (Fsp3) is 0.786. The van der Waals surface area contributed by atoms with E-state index in [1.165, 1.54) is 4.88 Å². The number of nitrogens with one attached hydrogen (secondary N) is 1.